The highest BCUT2D eigenvalue weighted by molar-refractivity contribution is 7.17. The Kier molecular flexibility index (Phi) is 5.31. The molecule has 0 aromatic carbocycles. The van der Waals surface area contributed by atoms with E-state index in [1.807, 2.05) is 0 Å². The number of nitrogens with zero attached hydrogens (tertiary/aromatic N) is 1. The lowest BCUT2D eigenvalue weighted by molar-refractivity contribution is 0.473. The fraction of sp³-hybridized carbons (Fsp3) is 0.688. The molecule has 1 heterocycles. The summed E-state index contributed by atoms with van der Waals surface area (Å²) in [5.41, 5.74) is 8.07. The third-order valence-corrected chi connectivity index (χ3v) is 5.25. The second-order valence-corrected chi connectivity index (χ2v) is 6.79. The van der Waals surface area contributed by atoms with Gasteiger partial charge in [0.05, 0.1) is 10.7 Å². The van der Waals surface area contributed by atoms with E-state index in [4.69, 9.17) is 11.0 Å². The predicted molar refractivity (Wildman–Crippen MR) is 87.2 cm³/mol. The third-order valence-electron chi connectivity index (χ3n) is 4.17. The van der Waals surface area contributed by atoms with Crippen molar-refractivity contribution < 1.29 is 0 Å². The molecule has 1 saturated carbocycles. The van der Waals surface area contributed by atoms with E-state index in [0.29, 0.717) is 10.8 Å². The molecule has 1 unspecified atom stereocenters. The van der Waals surface area contributed by atoms with Crippen LogP contribution in [0.25, 0.3) is 0 Å². The van der Waals surface area contributed by atoms with Gasteiger partial charge in [0.25, 0.3) is 0 Å². The van der Waals surface area contributed by atoms with E-state index in [1.165, 1.54) is 55.4 Å². The summed E-state index contributed by atoms with van der Waals surface area (Å²) in [7, 11) is 0. The maximum atomic E-state index is 9.15. The van der Waals surface area contributed by atoms with Crippen LogP contribution >= 0.6 is 11.3 Å². The average molecular weight is 291 g/mol. The first-order chi connectivity index (χ1) is 9.71. The number of thiophene rings is 1. The fourth-order valence-electron chi connectivity index (χ4n) is 2.63. The Balaban J connectivity index is 2.03. The van der Waals surface area contributed by atoms with Crippen LogP contribution in [0.5, 0.6) is 0 Å². The minimum Gasteiger partial charge on any atom is -0.397 e. The van der Waals surface area contributed by atoms with Crippen LogP contribution in [0.4, 0.5) is 10.7 Å². The van der Waals surface area contributed by atoms with E-state index >= 15 is 0 Å². The SMILES string of the molecule is CCCCC(CC)CNc1sc(C#N)c(N)c1C1CC1. The van der Waals surface area contributed by atoms with Crippen LogP contribution in [-0.2, 0) is 0 Å². The number of unbranched alkanes of at least 4 members (excludes halogenated alkanes) is 1. The quantitative estimate of drug-likeness (QED) is 0.729. The Bertz CT molecular complexity index is 483. The summed E-state index contributed by atoms with van der Waals surface area (Å²) >= 11 is 1.53. The summed E-state index contributed by atoms with van der Waals surface area (Å²) in [5, 5.41) is 13.9. The summed E-state index contributed by atoms with van der Waals surface area (Å²) in [6.07, 6.45) is 7.48. The summed E-state index contributed by atoms with van der Waals surface area (Å²) in [5.74, 6) is 1.31. The first-order valence-electron chi connectivity index (χ1n) is 7.77. The molecule has 0 bridgehead atoms. The molecule has 3 N–H and O–H groups in total. The van der Waals surface area contributed by atoms with Gasteiger partial charge in [-0.3, -0.25) is 0 Å². The topological polar surface area (TPSA) is 61.8 Å². The van der Waals surface area contributed by atoms with Crippen molar-refractivity contribution in [1.29, 1.82) is 5.26 Å². The Morgan fingerprint density at radius 1 is 1.45 bits per heavy atom. The van der Waals surface area contributed by atoms with Crippen LogP contribution in [0.15, 0.2) is 0 Å². The highest BCUT2D eigenvalue weighted by Crippen LogP contribution is 2.50. The molecular weight excluding hydrogens is 266 g/mol. The van der Waals surface area contributed by atoms with E-state index < -0.39 is 0 Å². The zero-order valence-corrected chi connectivity index (χ0v) is 13.4. The lowest BCUT2D eigenvalue weighted by atomic mass is 9.99. The zero-order chi connectivity index (χ0) is 14.5. The number of nitrogens with two attached hydrogens (primary N) is 1. The molecule has 1 aromatic rings. The predicted octanol–water partition coefficient (Wildman–Crippen LogP) is 4.71. The Morgan fingerprint density at radius 2 is 2.20 bits per heavy atom. The molecule has 110 valence electrons. The van der Waals surface area contributed by atoms with Gasteiger partial charge in [0, 0.05) is 12.1 Å². The van der Waals surface area contributed by atoms with E-state index in [2.05, 4.69) is 25.2 Å². The molecule has 1 fully saturated rings. The van der Waals surface area contributed by atoms with Gasteiger partial charge in [0.2, 0.25) is 0 Å². The van der Waals surface area contributed by atoms with Crippen LogP contribution in [0.3, 0.4) is 0 Å². The van der Waals surface area contributed by atoms with Crippen molar-refractivity contribution in [2.45, 2.75) is 58.3 Å². The first-order valence-corrected chi connectivity index (χ1v) is 8.58. The van der Waals surface area contributed by atoms with Gasteiger partial charge in [-0.25, -0.2) is 0 Å². The van der Waals surface area contributed by atoms with Gasteiger partial charge in [0.15, 0.2) is 0 Å². The Hall–Kier alpha value is -1.21. The van der Waals surface area contributed by atoms with Crippen LogP contribution in [-0.4, -0.2) is 6.54 Å². The van der Waals surface area contributed by atoms with Gasteiger partial charge in [-0.2, -0.15) is 5.26 Å². The van der Waals surface area contributed by atoms with Crippen molar-refractivity contribution >= 4 is 22.0 Å². The molecule has 20 heavy (non-hydrogen) atoms. The standard InChI is InChI=1S/C16H25N3S/c1-3-5-6-11(4-2)10-19-16-14(12-7-8-12)15(18)13(9-17)20-16/h11-12,19H,3-8,10,18H2,1-2H3. The molecular formula is C16H25N3S. The summed E-state index contributed by atoms with van der Waals surface area (Å²) < 4.78 is 0. The summed E-state index contributed by atoms with van der Waals surface area (Å²) in [6.45, 7) is 5.50. The molecule has 0 radical (unpaired) electrons. The molecule has 0 amide bonds. The molecule has 1 atom stereocenters. The first kappa shape index (κ1) is 15.2. The molecule has 0 aliphatic heterocycles. The number of hydrogen-bond donors (Lipinski definition) is 2. The molecule has 1 aliphatic rings. The maximum absolute atomic E-state index is 9.15. The number of nitrogens with one attached hydrogen (secondary N) is 1. The molecule has 4 heteroatoms. The smallest absolute Gasteiger partial charge is 0.130 e. The minimum absolute atomic E-state index is 0.589. The molecule has 0 spiro atoms. The Morgan fingerprint density at radius 3 is 2.75 bits per heavy atom. The zero-order valence-electron chi connectivity index (χ0n) is 12.5. The molecule has 2 rings (SSSR count). The number of nitrogen functional groups attached to an aromatic ring is 1. The van der Waals surface area contributed by atoms with Gasteiger partial charge in [-0.1, -0.05) is 33.1 Å². The fourth-order valence-corrected chi connectivity index (χ4v) is 3.64. The van der Waals surface area contributed by atoms with E-state index in [1.54, 1.807) is 0 Å². The van der Waals surface area contributed by atoms with Crippen molar-refractivity contribution in [2.75, 3.05) is 17.6 Å². The van der Waals surface area contributed by atoms with Crippen molar-refractivity contribution in [3.05, 3.63) is 10.4 Å². The van der Waals surface area contributed by atoms with Crippen LogP contribution in [0.2, 0.25) is 0 Å². The second-order valence-electron chi connectivity index (χ2n) is 5.77. The molecule has 1 aliphatic carbocycles. The summed E-state index contributed by atoms with van der Waals surface area (Å²) in [6, 6.07) is 2.23. The monoisotopic (exact) mass is 291 g/mol. The molecule has 3 nitrogen and oxygen atoms in total. The van der Waals surface area contributed by atoms with Gasteiger partial charge < -0.3 is 11.1 Å². The van der Waals surface area contributed by atoms with E-state index in [9.17, 15) is 0 Å². The lowest BCUT2D eigenvalue weighted by Gasteiger charge is -2.16. The maximum Gasteiger partial charge on any atom is 0.130 e. The van der Waals surface area contributed by atoms with Gasteiger partial charge in [0.1, 0.15) is 10.9 Å². The summed E-state index contributed by atoms with van der Waals surface area (Å²) in [4.78, 5) is 0.677. The number of hydrogen-bond acceptors (Lipinski definition) is 4. The van der Waals surface area contributed by atoms with Gasteiger partial charge >= 0.3 is 0 Å². The average Bonchev–Trinajstić information content (AvgIpc) is 3.24. The molecule has 0 saturated heterocycles. The van der Waals surface area contributed by atoms with E-state index in [0.717, 1.165) is 23.2 Å². The number of rotatable bonds is 8. The highest BCUT2D eigenvalue weighted by atomic mass is 32.1. The van der Waals surface area contributed by atoms with Crippen LogP contribution in [0, 0.1) is 17.2 Å². The van der Waals surface area contributed by atoms with Crippen molar-refractivity contribution in [3.8, 4) is 6.07 Å². The Labute approximate surface area is 126 Å². The lowest BCUT2D eigenvalue weighted by Crippen LogP contribution is -2.13. The second kappa shape index (κ2) is 6.99. The largest absolute Gasteiger partial charge is 0.397 e. The molecule has 1 aromatic heterocycles. The van der Waals surface area contributed by atoms with Crippen LogP contribution < -0.4 is 11.1 Å². The number of nitriles is 1. The van der Waals surface area contributed by atoms with Crippen molar-refractivity contribution in [1.82, 2.24) is 0 Å². The van der Waals surface area contributed by atoms with Gasteiger partial charge in [-0.05, 0) is 31.1 Å². The van der Waals surface area contributed by atoms with Crippen LogP contribution in [0.1, 0.15) is 68.7 Å². The van der Waals surface area contributed by atoms with Gasteiger partial charge in [-0.15, -0.1) is 11.3 Å². The van der Waals surface area contributed by atoms with Crippen molar-refractivity contribution in [2.24, 2.45) is 5.92 Å². The normalized spacial score (nSPS) is 15.8. The minimum atomic E-state index is 0.589. The van der Waals surface area contributed by atoms with Crippen molar-refractivity contribution in [3.63, 3.8) is 0 Å². The number of anilines is 2. The third kappa shape index (κ3) is 3.46. The highest BCUT2D eigenvalue weighted by Gasteiger charge is 2.31. The van der Waals surface area contributed by atoms with E-state index in [-0.39, 0.29) is 0 Å².